The molecule has 134 valence electrons. The molecule has 1 unspecified atom stereocenters. The van der Waals surface area contributed by atoms with Crippen molar-refractivity contribution < 1.29 is 9.59 Å². The Labute approximate surface area is 155 Å². The van der Waals surface area contributed by atoms with E-state index in [2.05, 4.69) is 34.7 Å². The molecule has 1 heterocycles. The molecule has 0 aliphatic rings. The van der Waals surface area contributed by atoms with Crippen molar-refractivity contribution in [3.8, 4) is 0 Å². The molecule has 0 fully saturated rings. The molecular formula is C17H22N4O2S2. The maximum Gasteiger partial charge on any atom is 0.257 e. The summed E-state index contributed by atoms with van der Waals surface area (Å²) >= 11 is 3.00. The highest BCUT2D eigenvalue weighted by atomic mass is 32.2. The van der Waals surface area contributed by atoms with Crippen LogP contribution in [0.1, 0.15) is 44.5 Å². The van der Waals surface area contributed by atoms with Gasteiger partial charge in [0.2, 0.25) is 11.0 Å². The number of anilines is 2. The number of hydrogen-bond acceptors (Lipinski definition) is 6. The van der Waals surface area contributed by atoms with Gasteiger partial charge in [0.15, 0.2) is 4.34 Å². The van der Waals surface area contributed by atoms with E-state index < -0.39 is 0 Å². The van der Waals surface area contributed by atoms with E-state index in [1.54, 1.807) is 36.0 Å². The zero-order valence-electron chi connectivity index (χ0n) is 14.7. The highest BCUT2D eigenvalue weighted by molar-refractivity contribution is 8.01. The van der Waals surface area contributed by atoms with Crippen molar-refractivity contribution in [1.29, 1.82) is 0 Å². The largest absolute Gasteiger partial charge is 0.326 e. The van der Waals surface area contributed by atoms with Gasteiger partial charge < -0.3 is 5.32 Å². The zero-order valence-corrected chi connectivity index (χ0v) is 16.3. The average Bonchev–Trinajstić information content (AvgIpc) is 3.01. The zero-order chi connectivity index (χ0) is 18.4. The van der Waals surface area contributed by atoms with Crippen LogP contribution in [0.4, 0.5) is 10.8 Å². The second-order valence-corrected chi connectivity index (χ2v) is 8.55. The second-order valence-electron chi connectivity index (χ2n) is 5.89. The van der Waals surface area contributed by atoms with E-state index in [0.29, 0.717) is 21.6 Å². The minimum atomic E-state index is -0.281. The molecule has 2 rings (SSSR count). The van der Waals surface area contributed by atoms with Gasteiger partial charge in [-0.25, -0.2) is 0 Å². The average molecular weight is 379 g/mol. The molecule has 0 radical (unpaired) electrons. The van der Waals surface area contributed by atoms with Crippen molar-refractivity contribution in [1.82, 2.24) is 10.2 Å². The van der Waals surface area contributed by atoms with Gasteiger partial charge in [0.1, 0.15) is 0 Å². The number of carbonyl (C=O) groups is 2. The Kier molecular flexibility index (Phi) is 6.95. The first-order valence-electron chi connectivity index (χ1n) is 8.11. The lowest BCUT2D eigenvalue weighted by Gasteiger charge is -2.09. The lowest BCUT2D eigenvalue weighted by Crippen LogP contribution is -2.18. The van der Waals surface area contributed by atoms with Crippen LogP contribution in [0, 0.1) is 5.92 Å². The maximum absolute atomic E-state index is 12.4. The summed E-state index contributed by atoms with van der Waals surface area (Å²) in [5, 5.41) is 14.6. The molecule has 2 aromatic rings. The van der Waals surface area contributed by atoms with E-state index >= 15 is 0 Å². The van der Waals surface area contributed by atoms with Crippen molar-refractivity contribution in [2.24, 2.45) is 5.92 Å². The fourth-order valence-corrected chi connectivity index (χ4v) is 3.75. The maximum atomic E-state index is 12.4. The quantitative estimate of drug-likeness (QED) is 0.555. The van der Waals surface area contributed by atoms with Gasteiger partial charge in [0, 0.05) is 22.4 Å². The molecule has 0 saturated heterocycles. The van der Waals surface area contributed by atoms with Crippen LogP contribution in [0.15, 0.2) is 28.6 Å². The normalized spacial score (nSPS) is 12.0. The molecule has 0 saturated carbocycles. The van der Waals surface area contributed by atoms with Gasteiger partial charge in [-0.15, -0.1) is 10.2 Å². The van der Waals surface area contributed by atoms with Gasteiger partial charge in [0.25, 0.3) is 5.91 Å². The van der Waals surface area contributed by atoms with Crippen LogP contribution < -0.4 is 10.6 Å². The van der Waals surface area contributed by atoms with Crippen LogP contribution in [0.2, 0.25) is 0 Å². The third-order valence-electron chi connectivity index (χ3n) is 3.42. The van der Waals surface area contributed by atoms with Gasteiger partial charge in [0.05, 0.1) is 0 Å². The smallest absolute Gasteiger partial charge is 0.257 e. The second kappa shape index (κ2) is 8.96. The van der Waals surface area contributed by atoms with Crippen molar-refractivity contribution in [2.75, 3.05) is 10.6 Å². The van der Waals surface area contributed by atoms with E-state index in [1.165, 1.54) is 11.3 Å². The Bertz CT molecular complexity index is 746. The number of rotatable bonds is 7. The number of amides is 2. The molecular weight excluding hydrogens is 356 g/mol. The summed E-state index contributed by atoms with van der Waals surface area (Å²) in [5.74, 6) is -0.495. The molecule has 0 bridgehead atoms. The van der Waals surface area contributed by atoms with Crippen molar-refractivity contribution in [3.05, 3.63) is 29.8 Å². The first-order valence-corrected chi connectivity index (χ1v) is 9.81. The molecule has 6 nitrogen and oxygen atoms in total. The van der Waals surface area contributed by atoms with Crippen LogP contribution in [0.25, 0.3) is 0 Å². The fraction of sp³-hybridized carbons (Fsp3) is 0.412. The van der Waals surface area contributed by atoms with E-state index in [-0.39, 0.29) is 17.7 Å². The molecule has 1 atom stereocenters. The summed E-state index contributed by atoms with van der Waals surface area (Å²) in [7, 11) is 0. The molecule has 0 aliphatic heterocycles. The third-order valence-corrected chi connectivity index (χ3v) is 5.61. The molecule has 2 amide bonds. The highest BCUT2D eigenvalue weighted by Crippen LogP contribution is 2.30. The Morgan fingerprint density at radius 1 is 1.20 bits per heavy atom. The summed E-state index contributed by atoms with van der Waals surface area (Å²) < 4.78 is 0.836. The van der Waals surface area contributed by atoms with Crippen LogP contribution in [0.5, 0.6) is 0 Å². The number of benzene rings is 1. The Morgan fingerprint density at radius 3 is 2.64 bits per heavy atom. The molecule has 0 aliphatic carbocycles. The Balaban J connectivity index is 2.02. The number of nitrogens with zero attached hydrogens (tertiary/aromatic N) is 2. The van der Waals surface area contributed by atoms with E-state index in [0.717, 1.165) is 10.8 Å². The summed E-state index contributed by atoms with van der Waals surface area (Å²) in [6.45, 7) is 7.88. The minimum Gasteiger partial charge on any atom is -0.326 e. The van der Waals surface area contributed by atoms with E-state index in [9.17, 15) is 9.59 Å². The summed E-state index contributed by atoms with van der Waals surface area (Å²) in [4.78, 5) is 24.2. The fourth-order valence-electron chi connectivity index (χ4n) is 1.76. The topological polar surface area (TPSA) is 84.0 Å². The molecule has 0 spiro atoms. The first kappa shape index (κ1) is 19.4. The van der Waals surface area contributed by atoms with Crippen LogP contribution >= 0.6 is 23.1 Å². The molecule has 25 heavy (non-hydrogen) atoms. The number of aromatic nitrogens is 2. The van der Waals surface area contributed by atoms with Gasteiger partial charge in [-0.05, 0) is 24.6 Å². The SMILES string of the molecule is CCC(C)Sc1nnc(NC(=O)c2cccc(NC(=O)C(C)C)c2)s1. The van der Waals surface area contributed by atoms with Gasteiger partial charge in [-0.1, -0.05) is 56.9 Å². The molecule has 1 aromatic heterocycles. The molecule has 2 N–H and O–H groups in total. The first-order chi connectivity index (χ1) is 11.9. The molecule has 1 aromatic carbocycles. The summed E-state index contributed by atoms with van der Waals surface area (Å²) in [6.07, 6.45) is 1.04. The lowest BCUT2D eigenvalue weighted by molar-refractivity contribution is -0.118. The minimum absolute atomic E-state index is 0.0895. The predicted octanol–water partition coefficient (Wildman–Crippen LogP) is 4.28. The molecule has 8 heteroatoms. The van der Waals surface area contributed by atoms with Crippen molar-refractivity contribution in [2.45, 2.75) is 43.7 Å². The highest BCUT2D eigenvalue weighted by Gasteiger charge is 2.13. The third kappa shape index (κ3) is 5.82. The Morgan fingerprint density at radius 2 is 1.96 bits per heavy atom. The van der Waals surface area contributed by atoms with Gasteiger partial charge in [-0.2, -0.15) is 0 Å². The monoisotopic (exact) mass is 378 g/mol. The van der Waals surface area contributed by atoms with Gasteiger partial charge in [-0.3, -0.25) is 14.9 Å². The summed E-state index contributed by atoms with van der Waals surface area (Å²) in [5.41, 5.74) is 1.05. The van der Waals surface area contributed by atoms with Crippen LogP contribution in [-0.4, -0.2) is 27.3 Å². The number of hydrogen-bond donors (Lipinski definition) is 2. The van der Waals surface area contributed by atoms with Crippen molar-refractivity contribution in [3.63, 3.8) is 0 Å². The van der Waals surface area contributed by atoms with Crippen LogP contribution in [-0.2, 0) is 4.79 Å². The number of carbonyl (C=O) groups excluding carboxylic acids is 2. The van der Waals surface area contributed by atoms with Gasteiger partial charge >= 0.3 is 0 Å². The summed E-state index contributed by atoms with van der Waals surface area (Å²) in [6, 6.07) is 6.82. The predicted molar refractivity (Wildman–Crippen MR) is 103 cm³/mol. The van der Waals surface area contributed by atoms with E-state index in [4.69, 9.17) is 0 Å². The lowest BCUT2D eigenvalue weighted by atomic mass is 10.1. The number of thioether (sulfide) groups is 1. The van der Waals surface area contributed by atoms with Crippen LogP contribution in [0.3, 0.4) is 0 Å². The number of nitrogens with one attached hydrogen (secondary N) is 2. The Hall–Kier alpha value is -1.93. The van der Waals surface area contributed by atoms with E-state index in [1.807, 2.05) is 13.8 Å². The standard InChI is InChI=1S/C17H22N4O2S2/c1-5-11(4)24-17-21-20-16(25-17)19-15(23)12-7-6-8-13(9-12)18-14(22)10(2)3/h6-11H,5H2,1-4H3,(H,18,22)(H,19,20,23). The van der Waals surface area contributed by atoms with Crippen molar-refractivity contribution >= 4 is 45.7 Å².